The zero-order valence-electron chi connectivity index (χ0n) is 15.5. The van der Waals surface area contributed by atoms with Gasteiger partial charge in [0.2, 0.25) is 0 Å². The van der Waals surface area contributed by atoms with Gasteiger partial charge in [0.1, 0.15) is 0 Å². The van der Waals surface area contributed by atoms with Gasteiger partial charge in [-0.1, -0.05) is 36.4 Å². The number of benzene rings is 3. The highest BCUT2D eigenvalue weighted by atomic mass is 16.6. The summed E-state index contributed by atoms with van der Waals surface area (Å²) < 4.78 is 0. The number of fused-ring (bicyclic) bond motifs is 1. The Morgan fingerprint density at radius 2 is 1.59 bits per heavy atom. The fourth-order valence-corrected chi connectivity index (χ4v) is 3.25. The van der Waals surface area contributed by atoms with E-state index in [2.05, 4.69) is 39.7 Å². The van der Waals surface area contributed by atoms with Gasteiger partial charge in [-0.15, -0.1) is 0 Å². The third-order valence-corrected chi connectivity index (χ3v) is 4.82. The van der Waals surface area contributed by atoms with Gasteiger partial charge in [-0.2, -0.15) is 5.10 Å². The Morgan fingerprint density at radius 3 is 2.17 bits per heavy atom. The van der Waals surface area contributed by atoms with Gasteiger partial charge in [0, 0.05) is 36.5 Å². The summed E-state index contributed by atoms with van der Waals surface area (Å²) in [6.45, 7) is 1.80. The fraction of sp³-hybridized carbons (Fsp3) is 0.0909. The van der Waals surface area contributed by atoms with Crippen molar-refractivity contribution in [3.8, 4) is 0 Å². The van der Waals surface area contributed by atoms with Crippen molar-refractivity contribution in [1.29, 1.82) is 0 Å². The maximum absolute atomic E-state index is 12.1. The summed E-state index contributed by atoms with van der Waals surface area (Å²) in [5.74, 6) is -0.428. The van der Waals surface area contributed by atoms with Crippen LogP contribution in [0.1, 0.15) is 27.0 Å². The van der Waals surface area contributed by atoms with E-state index in [0.29, 0.717) is 5.56 Å². The third kappa shape index (κ3) is 4.14. The van der Waals surface area contributed by atoms with Crippen LogP contribution in [0.15, 0.2) is 77.9 Å². The molecule has 0 aliphatic carbocycles. The number of nitro groups is 1. The SMILES string of the molecule is O=C(N/N=C\c1ccc(N2Cc3ccccc3C2)cc1)c1ccc([N+](=O)[O-])cc1. The summed E-state index contributed by atoms with van der Waals surface area (Å²) in [5.41, 5.74) is 7.36. The molecule has 0 atom stereocenters. The van der Waals surface area contributed by atoms with Crippen LogP contribution >= 0.6 is 0 Å². The number of hydrazone groups is 1. The van der Waals surface area contributed by atoms with Crippen LogP contribution in [0.3, 0.4) is 0 Å². The Kier molecular flexibility index (Phi) is 5.03. The molecule has 0 unspecified atom stereocenters. The van der Waals surface area contributed by atoms with Crippen LogP contribution in [0, 0.1) is 10.1 Å². The van der Waals surface area contributed by atoms with Gasteiger partial charge < -0.3 is 4.90 Å². The highest BCUT2D eigenvalue weighted by Crippen LogP contribution is 2.27. The molecular formula is C22H18N4O3. The lowest BCUT2D eigenvalue weighted by molar-refractivity contribution is -0.384. The number of carbonyl (C=O) groups is 1. The third-order valence-electron chi connectivity index (χ3n) is 4.82. The molecule has 4 rings (SSSR count). The lowest BCUT2D eigenvalue weighted by Crippen LogP contribution is -2.17. The van der Waals surface area contributed by atoms with E-state index in [1.54, 1.807) is 6.21 Å². The van der Waals surface area contributed by atoms with Crippen LogP contribution in [0.5, 0.6) is 0 Å². The average Bonchev–Trinajstić information content (AvgIpc) is 3.18. The Balaban J connectivity index is 1.35. The molecule has 0 fully saturated rings. The highest BCUT2D eigenvalue weighted by Gasteiger charge is 2.18. The summed E-state index contributed by atoms with van der Waals surface area (Å²) in [4.78, 5) is 24.5. The molecule has 29 heavy (non-hydrogen) atoms. The normalized spacial score (nSPS) is 12.8. The Hall–Kier alpha value is -4.00. The fourth-order valence-electron chi connectivity index (χ4n) is 3.25. The second-order valence-electron chi connectivity index (χ2n) is 6.72. The molecule has 1 N–H and O–H groups in total. The number of amides is 1. The Labute approximate surface area is 167 Å². The zero-order valence-corrected chi connectivity index (χ0v) is 15.5. The standard InChI is InChI=1S/C22H18N4O3/c27-22(17-7-11-21(12-8-17)26(28)29)24-23-13-16-5-9-20(10-6-16)25-14-18-3-1-2-4-19(18)15-25/h1-13H,14-15H2,(H,24,27)/b23-13-. The van der Waals surface area contributed by atoms with Crippen molar-refractivity contribution in [1.82, 2.24) is 5.43 Å². The van der Waals surface area contributed by atoms with Crippen LogP contribution < -0.4 is 10.3 Å². The van der Waals surface area contributed by atoms with Crippen molar-refractivity contribution in [3.63, 3.8) is 0 Å². The van der Waals surface area contributed by atoms with Crippen LogP contribution in [0.2, 0.25) is 0 Å². The molecule has 1 aliphatic rings. The zero-order chi connectivity index (χ0) is 20.2. The number of nitrogens with zero attached hydrogens (tertiary/aromatic N) is 3. The first-order valence-corrected chi connectivity index (χ1v) is 9.10. The van der Waals surface area contributed by atoms with Crippen molar-refractivity contribution in [2.75, 3.05) is 4.90 Å². The molecule has 0 aromatic heterocycles. The number of carbonyl (C=O) groups excluding carboxylic acids is 1. The number of rotatable bonds is 5. The van der Waals surface area contributed by atoms with Crippen molar-refractivity contribution >= 4 is 23.5 Å². The van der Waals surface area contributed by atoms with E-state index >= 15 is 0 Å². The summed E-state index contributed by atoms with van der Waals surface area (Å²) in [5, 5.41) is 14.6. The summed E-state index contributed by atoms with van der Waals surface area (Å²) in [6.07, 6.45) is 1.56. The van der Waals surface area contributed by atoms with Gasteiger partial charge in [0.05, 0.1) is 11.1 Å². The number of non-ortho nitro benzene ring substituents is 1. The number of nitro benzene ring substituents is 1. The maximum Gasteiger partial charge on any atom is 0.271 e. The summed E-state index contributed by atoms with van der Waals surface area (Å²) in [6, 6.07) is 21.8. The van der Waals surface area contributed by atoms with Gasteiger partial charge in [0.25, 0.3) is 11.6 Å². The molecule has 0 radical (unpaired) electrons. The topological polar surface area (TPSA) is 87.8 Å². The quantitative estimate of drug-likeness (QED) is 0.409. The lowest BCUT2D eigenvalue weighted by atomic mass is 10.1. The smallest absolute Gasteiger partial charge is 0.271 e. The number of nitrogens with one attached hydrogen (secondary N) is 1. The van der Waals surface area contributed by atoms with Gasteiger partial charge >= 0.3 is 0 Å². The number of hydrogen-bond donors (Lipinski definition) is 1. The van der Waals surface area contributed by atoms with Gasteiger partial charge in [-0.3, -0.25) is 14.9 Å². The molecule has 3 aromatic carbocycles. The Bertz CT molecular complexity index is 1050. The van der Waals surface area contributed by atoms with Gasteiger partial charge in [-0.05, 0) is 41.0 Å². The first-order chi connectivity index (χ1) is 14.1. The number of anilines is 1. The summed E-state index contributed by atoms with van der Waals surface area (Å²) >= 11 is 0. The second kappa shape index (κ2) is 7.93. The van der Waals surface area contributed by atoms with Crippen LogP contribution in [0.25, 0.3) is 0 Å². The lowest BCUT2D eigenvalue weighted by Gasteiger charge is -2.17. The molecule has 0 spiro atoms. The van der Waals surface area contributed by atoms with Crippen LogP contribution in [-0.4, -0.2) is 17.0 Å². The van der Waals surface area contributed by atoms with E-state index in [1.807, 2.05) is 24.3 Å². The molecule has 1 heterocycles. The van der Waals surface area contributed by atoms with Gasteiger partial charge in [-0.25, -0.2) is 5.43 Å². The van der Waals surface area contributed by atoms with E-state index in [4.69, 9.17) is 0 Å². The molecule has 3 aromatic rings. The molecule has 0 saturated carbocycles. The predicted molar refractivity (Wildman–Crippen MR) is 111 cm³/mol. The van der Waals surface area contributed by atoms with Crippen molar-refractivity contribution in [3.05, 3.63) is 105 Å². The van der Waals surface area contributed by atoms with E-state index in [1.165, 1.54) is 35.4 Å². The molecule has 144 valence electrons. The van der Waals surface area contributed by atoms with E-state index < -0.39 is 10.8 Å². The molecule has 0 bridgehead atoms. The van der Waals surface area contributed by atoms with E-state index in [0.717, 1.165) is 24.3 Å². The van der Waals surface area contributed by atoms with Crippen LogP contribution in [0.4, 0.5) is 11.4 Å². The number of hydrogen-bond acceptors (Lipinski definition) is 5. The molecule has 1 aliphatic heterocycles. The summed E-state index contributed by atoms with van der Waals surface area (Å²) in [7, 11) is 0. The monoisotopic (exact) mass is 386 g/mol. The first kappa shape index (κ1) is 18.4. The highest BCUT2D eigenvalue weighted by molar-refractivity contribution is 5.95. The molecule has 7 nitrogen and oxygen atoms in total. The van der Waals surface area contributed by atoms with E-state index in [-0.39, 0.29) is 5.69 Å². The second-order valence-corrected chi connectivity index (χ2v) is 6.72. The van der Waals surface area contributed by atoms with Crippen molar-refractivity contribution in [2.24, 2.45) is 5.10 Å². The molecule has 7 heteroatoms. The van der Waals surface area contributed by atoms with Gasteiger partial charge in [0.15, 0.2) is 0 Å². The molecule has 0 saturated heterocycles. The minimum absolute atomic E-state index is 0.0637. The first-order valence-electron chi connectivity index (χ1n) is 9.10. The van der Waals surface area contributed by atoms with Crippen molar-refractivity contribution < 1.29 is 9.72 Å². The minimum atomic E-state index is -0.510. The van der Waals surface area contributed by atoms with Crippen molar-refractivity contribution in [2.45, 2.75) is 13.1 Å². The predicted octanol–water partition coefficient (Wildman–Crippen LogP) is 3.88. The van der Waals surface area contributed by atoms with E-state index in [9.17, 15) is 14.9 Å². The molecule has 1 amide bonds. The van der Waals surface area contributed by atoms with Crippen LogP contribution in [-0.2, 0) is 13.1 Å². The minimum Gasteiger partial charge on any atom is -0.363 e. The Morgan fingerprint density at radius 1 is 0.966 bits per heavy atom. The molecular weight excluding hydrogens is 368 g/mol. The average molecular weight is 386 g/mol. The largest absolute Gasteiger partial charge is 0.363 e. The maximum atomic E-state index is 12.1.